The van der Waals surface area contributed by atoms with Gasteiger partial charge < -0.3 is 0 Å². The third kappa shape index (κ3) is 14.7. The predicted molar refractivity (Wildman–Crippen MR) is 109 cm³/mol. The molecular weight excluding hydrogens is 443 g/mol. The van der Waals surface area contributed by atoms with E-state index in [9.17, 15) is 9.59 Å². The van der Waals surface area contributed by atoms with Gasteiger partial charge in [-0.15, -0.1) is 0 Å². The van der Waals surface area contributed by atoms with Crippen molar-refractivity contribution in [1.82, 2.24) is 0 Å². The van der Waals surface area contributed by atoms with Gasteiger partial charge in [-0.25, -0.2) is 0 Å². The molecule has 0 saturated heterocycles. The van der Waals surface area contributed by atoms with Gasteiger partial charge in [-0.3, -0.25) is 0 Å². The molecule has 0 saturated carbocycles. The second kappa shape index (κ2) is 17.2. The fraction of sp³-hybridized carbons (Fsp3) is 0.636. The molecule has 1 radical (unpaired) electrons. The van der Waals surface area contributed by atoms with E-state index in [0.717, 1.165) is 18.4 Å². The average Bonchev–Trinajstić information content (AvgIpc) is 2.67. The molecule has 1 aromatic rings. The number of hydrogen-bond donors (Lipinski definition) is 0. The van der Waals surface area contributed by atoms with Gasteiger partial charge in [-0.2, -0.15) is 0 Å². The molecule has 1 rings (SSSR count). The van der Waals surface area contributed by atoms with Crippen LogP contribution in [0.3, 0.4) is 0 Å². The molecule has 0 bridgehead atoms. The van der Waals surface area contributed by atoms with Crippen LogP contribution < -0.4 is 0 Å². The molecule has 0 amide bonds. The summed E-state index contributed by atoms with van der Waals surface area (Å²) in [6, 6.07) is 9.44. The van der Waals surface area contributed by atoms with Crippen molar-refractivity contribution in [3.05, 3.63) is 35.9 Å². The van der Waals surface area contributed by atoms with Crippen LogP contribution in [-0.4, -0.2) is 35.7 Å². The summed E-state index contributed by atoms with van der Waals surface area (Å²) in [5.74, 6) is -0.510. The SMILES string of the molecule is CCCCCCCCCCCCCC(=O)[O][In][O]C(=O)Cc1ccccc1. The molecule has 0 aliphatic heterocycles. The first kappa shape index (κ1) is 24.1. The van der Waals surface area contributed by atoms with Crippen LogP contribution in [0.25, 0.3) is 0 Å². The minimum absolute atomic E-state index is 0.209. The monoisotopic (exact) mass is 477 g/mol. The summed E-state index contributed by atoms with van der Waals surface area (Å²) in [7, 11) is 0. The van der Waals surface area contributed by atoms with Gasteiger partial charge in [0.1, 0.15) is 0 Å². The molecule has 4 nitrogen and oxygen atoms in total. The van der Waals surface area contributed by atoms with Crippen molar-refractivity contribution in [2.45, 2.75) is 90.4 Å². The van der Waals surface area contributed by atoms with Gasteiger partial charge in [0.05, 0.1) is 0 Å². The Hall–Kier alpha value is -0.970. The average molecular weight is 477 g/mol. The van der Waals surface area contributed by atoms with E-state index in [4.69, 9.17) is 5.71 Å². The second-order valence-corrected chi connectivity index (χ2v) is 8.92. The molecule has 0 N–H and O–H groups in total. The number of rotatable bonds is 16. The molecule has 0 fully saturated rings. The first-order valence-corrected chi connectivity index (χ1v) is 13.2. The molecule has 0 atom stereocenters. The molecule has 0 heterocycles. The van der Waals surface area contributed by atoms with E-state index in [1.54, 1.807) is 0 Å². The van der Waals surface area contributed by atoms with Gasteiger partial charge in [0.2, 0.25) is 0 Å². The summed E-state index contributed by atoms with van der Waals surface area (Å²) in [4.78, 5) is 23.4. The van der Waals surface area contributed by atoms with E-state index < -0.39 is 23.8 Å². The van der Waals surface area contributed by atoms with E-state index in [0.29, 0.717) is 6.42 Å². The summed E-state index contributed by atoms with van der Waals surface area (Å²) < 4.78 is 10.3. The normalized spacial score (nSPS) is 10.4. The number of carbonyl (C=O) groups is 2. The van der Waals surface area contributed by atoms with Gasteiger partial charge in [-0.1, -0.05) is 19.8 Å². The van der Waals surface area contributed by atoms with Crippen LogP contribution in [0.4, 0.5) is 0 Å². The summed E-state index contributed by atoms with van der Waals surface area (Å²) in [6.07, 6.45) is 14.5. The molecule has 0 aromatic heterocycles. The molecule has 0 aliphatic carbocycles. The van der Waals surface area contributed by atoms with Crippen LogP contribution in [0, 0.1) is 0 Å². The zero-order chi connectivity index (χ0) is 19.6. The van der Waals surface area contributed by atoms with Crippen molar-refractivity contribution in [2.75, 3.05) is 0 Å². The molecule has 149 valence electrons. The van der Waals surface area contributed by atoms with Crippen molar-refractivity contribution in [3.8, 4) is 0 Å². The zero-order valence-electron chi connectivity index (χ0n) is 16.8. The van der Waals surface area contributed by atoms with Crippen molar-refractivity contribution >= 4 is 35.7 Å². The topological polar surface area (TPSA) is 52.6 Å². The minimum atomic E-state index is -2.03. The Morgan fingerprint density at radius 3 is 1.85 bits per heavy atom. The van der Waals surface area contributed by atoms with Gasteiger partial charge in [0.15, 0.2) is 0 Å². The maximum absolute atomic E-state index is 11.7. The number of carbonyl (C=O) groups excluding carboxylic acids is 2. The van der Waals surface area contributed by atoms with Crippen LogP contribution in [0.2, 0.25) is 0 Å². The van der Waals surface area contributed by atoms with E-state index in [2.05, 4.69) is 6.92 Å². The van der Waals surface area contributed by atoms with Crippen molar-refractivity contribution in [2.24, 2.45) is 0 Å². The van der Waals surface area contributed by atoms with E-state index in [1.165, 1.54) is 57.8 Å². The Kier molecular flexibility index (Phi) is 15.3. The number of unbranched alkanes of at least 4 members (excludes halogenated alkanes) is 10. The van der Waals surface area contributed by atoms with Crippen LogP contribution in [-0.2, 0) is 21.7 Å². The van der Waals surface area contributed by atoms with E-state index in [-0.39, 0.29) is 18.4 Å². The third-order valence-corrected chi connectivity index (χ3v) is 6.58. The number of benzene rings is 1. The fourth-order valence-corrected chi connectivity index (χ4v) is 4.25. The summed E-state index contributed by atoms with van der Waals surface area (Å²) in [5, 5.41) is 0. The summed E-state index contributed by atoms with van der Waals surface area (Å²) in [6.45, 7) is 2.25. The molecule has 0 aliphatic rings. The van der Waals surface area contributed by atoms with Crippen LogP contribution in [0.5, 0.6) is 0 Å². The molecule has 27 heavy (non-hydrogen) atoms. The maximum atomic E-state index is 11.7. The van der Waals surface area contributed by atoms with E-state index >= 15 is 0 Å². The van der Waals surface area contributed by atoms with Gasteiger partial charge in [0, 0.05) is 0 Å². The van der Waals surface area contributed by atoms with Crippen LogP contribution >= 0.6 is 0 Å². The first-order chi connectivity index (χ1) is 13.2. The van der Waals surface area contributed by atoms with Crippen molar-refractivity contribution in [3.63, 3.8) is 0 Å². The van der Waals surface area contributed by atoms with Crippen molar-refractivity contribution < 1.29 is 15.3 Å². The molecule has 0 spiro atoms. The van der Waals surface area contributed by atoms with Crippen molar-refractivity contribution in [1.29, 1.82) is 0 Å². The van der Waals surface area contributed by atoms with Crippen LogP contribution in [0.1, 0.15) is 89.5 Å². The Labute approximate surface area is 177 Å². The Morgan fingerprint density at radius 2 is 1.26 bits per heavy atom. The van der Waals surface area contributed by atoms with Gasteiger partial charge in [-0.05, 0) is 0 Å². The Bertz CT molecular complexity index is 504. The molecule has 0 unspecified atom stereocenters. The summed E-state index contributed by atoms with van der Waals surface area (Å²) in [5.41, 5.74) is 0.914. The molecule has 1 aromatic carbocycles. The van der Waals surface area contributed by atoms with Gasteiger partial charge >= 0.3 is 158 Å². The number of hydrogen-bond acceptors (Lipinski definition) is 4. The fourth-order valence-electron chi connectivity index (χ4n) is 2.93. The summed E-state index contributed by atoms with van der Waals surface area (Å²) >= 11 is -2.03. The van der Waals surface area contributed by atoms with Gasteiger partial charge in [0.25, 0.3) is 0 Å². The van der Waals surface area contributed by atoms with E-state index in [1.807, 2.05) is 30.3 Å². The quantitative estimate of drug-likeness (QED) is 0.293. The zero-order valence-corrected chi connectivity index (χ0v) is 20.1. The molecular formula is C22H34InO4. The third-order valence-electron chi connectivity index (χ3n) is 4.53. The standard InChI is InChI=1S/C14H28O2.C8H8O2.In/c1-2-3-4-5-6-7-8-9-10-11-12-13-14(15)16;9-8(10)6-7-4-2-1-3-5-7;/h2-13H2,1H3,(H,15,16);1-5H,6H2,(H,9,10);/q;;+2/p-2. The van der Waals surface area contributed by atoms with Crippen LogP contribution in [0.15, 0.2) is 30.3 Å². The Morgan fingerprint density at radius 1 is 0.741 bits per heavy atom. The second-order valence-electron chi connectivity index (χ2n) is 7.02. The predicted octanol–water partition coefficient (Wildman–Crippen LogP) is 5.55. The first-order valence-electron chi connectivity index (χ1n) is 10.5. The Balaban J connectivity index is 1.88. The molecule has 5 heteroatoms.